The molecule has 0 radical (unpaired) electrons. The van der Waals surface area contributed by atoms with Crippen molar-refractivity contribution < 1.29 is 14.3 Å². The molecule has 0 aliphatic carbocycles. The lowest BCUT2D eigenvalue weighted by molar-refractivity contribution is -0.148. The van der Waals surface area contributed by atoms with Crippen LogP contribution in [0.3, 0.4) is 0 Å². The molecule has 0 saturated carbocycles. The second kappa shape index (κ2) is 10.1. The fourth-order valence-electron chi connectivity index (χ4n) is 1.60. The number of nitrogens with zero attached hydrogens (tertiary/aromatic N) is 1. The van der Waals surface area contributed by atoms with Gasteiger partial charge >= 0.3 is 5.97 Å². The van der Waals surface area contributed by atoms with E-state index in [-0.39, 0.29) is 18.4 Å². The van der Waals surface area contributed by atoms with Gasteiger partial charge in [-0.3, -0.25) is 9.59 Å². The molecule has 0 atom stereocenters. The van der Waals surface area contributed by atoms with Crippen molar-refractivity contribution in [1.82, 2.24) is 4.90 Å². The van der Waals surface area contributed by atoms with Gasteiger partial charge in [-0.15, -0.1) is 0 Å². The van der Waals surface area contributed by atoms with Crippen molar-refractivity contribution in [1.29, 1.82) is 0 Å². The normalized spacial score (nSPS) is 10.1. The van der Waals surface area contributed by atoms with E-state index < -0.39 is 0 Å². The maximum atomic E-state index is 11.8. The summed E-state index contributed by atoms with van der Waals surface area (Å²) in [7, 11) is 0. The Morgan fingerprint density at radius 2 is 1.76 bits per heavy atom. The van der Waals surface area contributed by atoms with Crippen LogP contribution in [0.5, 0.6) is 0 Å². The molecule has 0 aromatic rings. The standard InChI is InChI=1S/C13H25NO3/c1-4-7-8-9-10-12(15)14(5-2)11-13(16)17-6-3/h4-11H2,1-3H3. The molecule has 0 N–H and O–H groups in total. The van der Waals surface area contributed by atoms with Crippen LogP contribution in [0.15, 0.2) is 0 Å². The fraction of sp³-hybridized carbons (Fsp3) is 0.846. The van der Waals surface area contributed by atoms with Gasteiger partial charge in [0.05, 0.1) is 6.61 Å². The largest absolute Gasteiger partial charge is 0.465 e. The Morgan fingerprint density at radius 3 is 2.29 bits per heavy atom. The van der Waals surface area contributed by atoms with Gasteiger partial charge in [0.25, 0.3) is 0 Å². The highest BCUT2D eigenvalue weighted by Gasteiger charge is 2.15. The summed E-state index contributed by atoms with van der Waals surface area (Å²) < 4.78 is 4.83. The van der Waals surface area contributed by atoms with E-state index >= 15 is 0 Å². The van der Waals surface area contributed by atoms with Crippen LogP contribution in [-0.4, -0.2) is 36.5 Å². The van der Waals surface area contributed by atoms with Gasteiger partial charge in [0, 0.05) is 13.0 Å². The molecule has 0 unspecified atom stereocenters. The molecule has 0 bridgehead atoms. The summed E-state index contributed by atoms with van der Waals surface area (Å²) in [6.07, 6.45) is 4.85. The second-order valence-electron chi connectivity index (χ2n) is 4.02. The van der Waals surface area contributed by atoms with Crippen molar-refractivity contribution in [2.45, 2.75) is 52.9 Å². The Morgan fingerprint density at radius 1 is 1.06 bits per heavy atom. The smallest absolute Gasteiger partial charge is 0.325 e. The van der Waals surface area contributed by atoms with Crippen molar-refractivity contribution in [3.63, 3.8) is 0 Å². The van der Waals surface area contributed by atoms with Gasteiger partial charge in [-0.25, -0.2) is 0 Å². The van der Waals surface area contributed by atoms with Gasteiger partial charge in [0.1, 0.15) is 6.54 Å². The predicted molar refractivity (Wildman–Crippen MR) is 67.6 cm³/mol. The number of hydrogen-bond acceptors (Lipinski definition) is 3. The van der Waals surface area contributed by atoms with E-state index in [1.807, 2.05) is 6.92 Å². The van der Waals surface area contributed by atoms with Crippen LogP contribution >= 0.6 is 0 Å². The summed E-state index contributed by atoms with van der Waals surface area (Å²) in [5.41, 5.74) is 0. The molecule has 0 fully saturated rings. The van der Waals surface area contributed by atoms with Gasteiger partial charge in [-0.2, -0.15) is 0 Å². The highest BCUT2D eigenvalue weighted by Crippen LogP contribution is 2.05. The first-order chi connectivity index (χ1) is 8.15. The van der Waals surface area contributed by atoms with Gasteiger partial charge in [-0.1, -0.05) is 26.2 Å². The molecular weight excluding hydrogens is 218 g/mol. The van der Waals surface area contributed by atoms with Gasteiger partial charge < -0.3 is 9.64 Å². The number of rotatable bonds is 9. The highest BCUT2D eigenvalue weighted by molar-refractivity contribution is 5.82. The summed E-state index contributed by atoms with van der Waals surface area (Å²) in [5.74, 6) is -0.270. The quantitative estimate of drug-likeness (QED) is 0.461. The summed E-state index contributed by atoms with van der Waals surface area (Å²) in [4.78, 5) is 24.6. The number of carbonyl (C=O) groups excluding carboxylic acids is 2. The van der Waals surface area contributed by atoms with E-state index in [0.29, 0.717) is 19.6 Å². The Labute approximate surface area is 104 Å². The molecule has 0 saturated heterocycles. The van der Waals surface area contributed by atoms with Crippen LogP contribution < -0.4 is 0 Å². The molecule has 4 nitrogen and oxygen atoms in total. The molecular formula is C13H25NO3. The Hall–Kier alpha value is -1.06. The van der Waals surface area contributed by atoms with Crippen LogP contribution in [0, 0.1) is 0 Å². The van der Waals surface area contributed by atoms with Crippen molar-refractivity contribution >= 4 is 11.9 Å². The number of hydrogen-bond donors (Lipinski definition) is 0. The summed E-state index contributed by atoms with van der Waals surface area (Å²) >= 11 is 0. The van der Waals surface area contributed by atoms with E-state index in [2.05, 4.69) is 6.92 Å². The zero-order chi connectivity index (χ0) is 13.1. The van der Waals surface area contributed by atoms with Crippen molar-refractivity contribution in [3.05, 3.63) is 0 Å². The van der Waals surface area contributed by atoms with Crippen LogP contribution in [0.1, 0.15) is 52.9 Å². The third kappa shape index (κ3) is 7.77. The molecule has 0 heterocycles. The van der Waals surface area contributed by atoms with E-state index in [0.717, 1.165) is 25.7 Å². The Kier molecular flexibility index (Phi) is 9.49. The van der Waals surface area contributed by atoms with E-state index in [1.165, 1.54) is 0 Å². The summed E-state index contributed by atoms with van der Waals surface area (Å²) in [6, 6.07) is 0. The van der Waals surface area contributed by atoms with Crippen LogP contribution in [0.25, 0.3) is 0 Å². The van der Waals surface area contributed by atoms with E-state index in [4.69, 9.17) is 4.74 Å². The molecule has 0 spiro atoms. The summed E-state index contributed by atoms with van der Waals surface area (Å²) in [5, 5.41) is 0. The second-order valence-corrected chi connectivity index (χ2v) is 4.02. The fourth-order valence-corrected chi connectivity index (χ4v) is 1.60. The van der Waals surface area contributed by atoms with Crippen molar-refractivity contribution in [2.75, 3.05) is 19.7 Å². The first-order valence-corrected chi connectivity index (χ1v) is 6.59. The maximum Gasteiger partial charge on any atom is 0.325 e. The Bertz CT molecular complexity index is 229. The molecule has 0 aliphatic heterocycles. The molecule has 4 heteroatoms. The third-order valence-electron chi connectivity index (χ3n) is 2.60. The van der Waals surface area contributed by atoms with Gasteiger partial charge in [0.2, 0.25) is 5.91 Å². The zero-order valence-electron chi connectivity index (χ0n) is 11.3. The van der Waals surface area contributed by atoms with Crippen LogP contribution in [0.2, 0.25) is 0 Å². The molecule has 0 aliphatic rings. The SMILES string of the molecule is CCCCCCC(=O)N(CC)CC(=O)OCC. The zero-order valence-corrected chi connectivity index (χ0v) is 11.3. The highest BCUT2D eigenvalue weighted by atomic mass is 16.5. The number of ether oxygens (including phenoxy) is 1. The van der Waals surface area contributed by atoms with Gasteiger partial charge in [-0.05, 0) is 20.3 Å². The first-order valence-electron chi connectivity index (χ1n) is 6.59. The summed E-state index contributed by atoms with van der Waals surface area (Å²) in [6.45, 7) is 6.79. The van der Waals surface area contributed by atoms with E-state index in [9.17, 15) is 9.59 Å². The molecule has 1 amide bonds. The number of amides is 1. The maximum absolute atomic E-state index is 11.8. The molecule has 0 aromatic heterocycles. The molecule has 0 rings (SSSR count). The first kappa shape index (κ1) is 15.9. The van der Waals surface area contributed by atoms with E-state index in [1.54, 1.807) is 11.8 Å². The molecule has 0 aromatic carbocycles. The van der Waals surface area contributed by atoms with Gasteiger partial charge in [0.15, 0.2) is 0 Å². The average Bonchev–Trinajstić information content (AvgIpc) is 2.31. The average molecular weight is 243 g/mol. The predicted octanol–water partition coefficient (Wildman–Crippen LogP) is 2.37. The lowest BCUT2D eigenvalue weighted by atomic mass is 10.1. The number of likely N-dealkylation sites (N-methyl/N-ethyl adjacent to an activating group) is 1. The Balaban J connectivity index is 3.90. The van der Waals surface area contributed by atoms with Crippen molar-refractivity contribution in [2.24, 2.45) is 0 Å². The minimum absolute atomic E-state index is 0.0525. The van der Waals surface area contributed by atoms with Crippen molar-refractivity contribution in [3.8, 4) is 0 Å². The number of unbranched alkanes of at least 4 members (excludes halogenated alkanes) is 3. The topological polar surface area (TPSA) is 46.6 Å². The lowest BCUT2D eigenvalue weighted by Crippen LogP contribution is -2.36. The number of esters is 1. The minimum Gasteiger partial charge on any atom is -0.465 e. The number of carbonyl (C=O) groups is 2. The third-order valence-corrected chi connectivity index (χ3v) is 2.60. The molecule has 100 valence electrons. The lowest BCUT2D eigenvalue weighted by Gasteiger charge is -2.19. The van der Waals surface area contributed by atoms with Crippen LogP contribution in [-0.2, 0) is 14.3 Å². The molecule has 17 heavy (non-hydrogen) atoms. The minimum atomic E-state index is -0.323. The monoisotopic (exact) mass is 243 g/mol. The van der Waals surface area contributed by atoms with Crippen LogP contribution in [0.4, 0.5) is 0 Å².